The van der Waals surface area contributed by atoms with Crippen LogP contribution in [0.1, 0.15) is 61.8 Å². The van der Waals surface area contributed by atoms with Crippen molar-refractivity contribution in [3.05, 3.63) is 0 Å². The summed E-state index contributed by atoms with van der Waals surface area (Å²) in [5.41, 5.74) is -0.811. The number of carbonyl (C=O) groups is 4. The van der Waals surface area contributed by atoms with Gasteiger partial charge in [0.1, 0.15) is 12.7 Å². The Bertz CT molecular complexity index is 635. The second kappa shape index (κ2) is 10.7. The van der Waals surface area contributed by atoms with E-state index < -0.39 is 59.8 Å². The molecule has 1 aliphatic rings. The molecule has 0 aromatic heterocycles. The smallest absolute Gasteiger partial charge is 0.311 e. The monoisotopic (exact) mass is 430 g/mol. The molecule has 0 spiro atoms. The number of hydrogen-bond acceptors (Lipinski definition) is 9. The van der Waals surface area contributed by atoms with Crippen molar-refractivity contribution in [1.29, 1.82) is 0 Å². The number of esters is 4. The van der Waals surface area contributed by atoms with E-state index in [0.717, 1.165) is 0 Å². The van der Waals surface area contributed by atoms with E-state index in [0.29, 0.717) is 6.42 Å². The van der Waals surface area contributed by atoms with Crippen LogP contribution < -0.4 is 0 Å². The molecule has 0 bridgehead atoms. The first-order valence-electron chi connectivity index (χ1n) is 10.1. The molecule has 1 saturated heterocycles. The summed E-state index contributed by atoms with van der Waals surface area (Å²) in [6, 6.07) is 0. The predicted octanol–water partition coefficient (Wildman–Crippen LogP) is 2.18. The van der Waals surface area contributed by atoms with Crippen molar-refractivity contribution in [1.82, 2.24) is 0 Å². The van der Waals surface area contributed by atoms with E-state index in [1.54, 1.807) is 20.8 Å². The molecule has 0 aromatic carbocycles. The van der Waals surface area contributed by atoms with Crippen LogP contribution in [0.4, 0.5) is 0 Å². The van der Waals surface area contributed by atoms with Crippen molar-refractivity contribution in [3.63, 3.8) is 0 Å². The zero-order valence-corrected chi connectivity index (χ0v) is 19.1. The SMILES string of the molecule is CC(=O)OC[C@H]1O[C@H](CC(C)C)[C@H](OC(=O)C(C)(C)C)[C@@H](OC(C)=O)[C@@H]1OC(C)=O. The normalized spacial score (nSPS) is 26.6. The minimum Gasteiger partial charge on any atom is -0.463 e. The van der Waals surface area contributed by atoms with Crippen LogP contribution >= 0.6 is 0 Å². The Morgan fingerprint density at radius 3 is 1.73 bits per heavy atom. The van der Waals surface area contributed by atoms with Crippen molar-refractivity contribution in [2.24, 2.45) is 11.3 Å². The highest BCUT2D eigenvalue weighted by Gasteiger charge is 2.52. The lowest BCUT2D eigenvalue weighted by molar-refractivity contribution is -0.256. The highest BCUT2D eigenvalue weighted by Crippen LogP contribution is 2.33. The maximum absolute atomic E-state index is 12.6. The molecule has 5 atom stereocenters. The summed E-state index contributed by atoms with van der Waals surface area (Å²) in [5.74, 6) is -2.17. The molecule has 1 heterocycles. The Kier molecular flexibility index (Phi) is 9.27. The lowest BCUT2D eigenvalue weighted by Crippen LogP contribution is -2.62. The van der Waals surface area contributed by atoms with Gasteiger partial charge in [0.25, 0.3) is 0 Å². The van der Waals surface area contributed by atoms with Crippen LogP contribution in [0, 0.1) is 11.3 Å². The predicted molar refractivity (Wildman–Crippen MR) is 105 cm³/mol. The van der Waals surface area contributed by atoms with Gasteiger partial charge in [0.15, 0.2) is 18.3 Å². The summed E-state index contributed by atoms with van der Waals surface area (Å²) < 4.78 is 27.7. The standard InChI is InChI=1S/C21H34O9/c1-11(2)9-15-17(30-20(25)21(6,7)8)19(28-14(5)24)18(27-13(4)23)16(29-15)10-26-12(3)22/h11,15-19H,9-10H2,1-8H3/t15-,16-,17+,18-,19-/m1/s1. The highest BCUT2D eigenvalue weighted by atomic mass is 16.7. The molecule has 1 fully saturated rings. The summed E-state index contributed by atoms with van der Waals surface area (Å²) in [4.78, 5) is 47.5. The molecule has 1 rings (SSSR count). The lowest BCUT2D eigenvalue weighted by atomic mass is 9.89. The Balaban J connectivity index is 3.37. The molecule has 0 unspecified atom stereocenters. The Morgan fingerprint density at radius 2 is 1.30 bits per heavy atom. The zero-order chi connectivity index (χ0) is 23.2. The van der Waals surface area contributed by atoms with Crippen LogP contribution in [-0.4, -0.2) is 61.0 Å². The maximum Gasteiger partial charge on any atom is 0.311 e. The third kappa shape index (κ3) is 7.93. The van der Waals surface area contributed by atoms with E-state index in [9.17, 15) is 19.2 Å². The van der Waals surface area contributed by atoms with Gasteiger partial charge in [-0.2, -0.15) is 0 Å². The van der Waals surface area contributed by atoms with Crippen molar-refractivity contribution in [2.75, 3.05) is 6.61 Å². The fourth-order valence-electron chi connectivity index (χ4n) is 3.08. The van der Waals surface area contributed by atoms with Gasteiger partial charge in [-0.15, -0.1) is 0 Å². The molecule has 30 heavy (non-hydrogen) atoms. The molecule has 0 radical (unpaired) electrons. The third-order valence-electron chi connectivity index (χ3n) is 4.34. The largest absolute Gasteiger partial charge is 0.463 e. The first kappa shape index (κ1) is 25.9. The van der Waals surface area contributed by atoms with E-state index in [4.69, 9.17) is 23.7 Å². The van der Waals surface area contributed by atoms with Crippen LogP contribution in [0.5, 0.6) is 0 Å². The van der Waals surface area contributed by atoms with Crippen LogP contribution in [-0.2, 0) is 42.9 Å². The number of carbonyl (C=O) groups excluding carboxylic acids is 4. The minimum absolute atomic E-state index is 0.156. The Labute approximate surface area is 177 Å². The van der Waals surface area contributed by atoms with Crippen molar-refractivity contribution < 1.29 is 42.9 Å². The van der Waals surface area contributed by atoms with E-state index in [2.05, 4.69) is 0 Å². The molecule has 1 aliphatic heterocycles. The maximum atomic E-state index is 12.6. The number of ether oxygens (including phenoxy) is 5. The molecule has 0 aromatic rings. The van der Waals surface area contributed by atoms with E-state index >= 15 is 0 Å². The number of rotatable bonds is 7. The second-order valence-corrected chi connectivity index (χ2v) is 8.91. The minimum atomic E-state index is -1.12. The summed E-state index contributed by atoms with van der Waals surface area (Å²) in [7, 11) is 0. The fourth-order valence-corrected chi connectivity index (χ4v) is 3.08. The fraction of sp³-hybridized carbons (Fsp3) is 0.810. The van der Waals surface area contributed by atoms with Crippen LogP contribution in [0.3, 0.4) is 0 Å². The first-order chi connectivity index (χ1) is 13.7. The molecular weight excluding hydrogens is 396 g/mol. The van der Waals surface area contributed by atoms with Crippen LogP contribution in [0.25, 0.3) is 0 Å². The second-order valence-electron chi connectivity index (χ2n) is 8.91. The molecule has 9 nitrogen and oxygen atoms in total. The average molecular weight is 430 g/mol. The van der Waals surface area contributed by atoms with Gasteiger partial charge >= 0.3 is 23.9 Å². The quantitative estimate of drug-likeness (QED) is 0.443. The lowest BCUT2D eigenvalue weighted by Gasteiger charge is -2.45. The molecule has 0 amide bonds. The van der Waals surface area contributed by atoms with E-state index in [1.807, 2.05) is 13.8 Å². The van der Waals surface area contributed by atoms with Crippen LogP contribution in [0.15, 0.2) is 0 Å². The molecule has 172 valence electrons. The van der Waals surface area contributed by atoms with Crippen LogP contribution in [0.2, 0.25) is 0 Å². The van der Waals surface area contributed by atoms with Gasteiger partial charge in [0.05, 0.1) is 11.5 Å². The van der Waals surface area contributed by atoms with E-state index in [-0.39, 0.29) is 12.5 Å². The summed E-state index contributed by atoms with van der Waals surface area (Å²) in [6.45, 7) is 12.5. The van der Waals surface area contributed by atoms with Crippen molar-refractivity contribution in [2.45, 2.75) is 92.3 Å². The third-order valence-corrected chi connectivity index (χ3v) is 4.34. The summed E-state index contributed by atoms with van der Waals surface area (Å²) in [6.07, 6.45) is -4.31. The highest BCUT2D eigenvalue weighted by molar-refractivity contribution is 5.75. The number of hydrogen-bond donors (Lipinski definition) is 0. The first-order valence-corrected chi connectivity index (χ1v) is 10.1. The van der Waals surface area contributed by atoms with Gasteiger partial charge in [-0.25, -0.2) is 0 Å². The van der Waals surface area contributed by atoms with Gasteiger partial charge in [-0.1, -0.05) is 13.8 Å². The van der Waals surface area contributed by atoms with Gasteiger partial charge in [0, 0.05) is 20.8 Å². The topological polar surface area (TPSA) is 114 Å². The Hall–Kier alpha value is -2.16. The summed E-state index contributed by atoms with van der Waals surface area (Å²) in [5, 5.41) is 0. The van der Waals surface area contributed by atoms with Crippen molar-refractivity contribution in [3.8, 4) is 0 Å². The van der Waals surface area contributed by atoms with E-state index in [1.165, 1.54) is 20.8 Å². The Morgan fingerprint density at radius 1 is 0.800 bits per heavy atom. The molecule has 0 saturated carbocycles. The van der Waals surface area contributed by atoms with Gasteiger partial charge in [-0.3, -0.25) is 19.2 Å². The summed E-state index contributed by atoms with van der Waals surface area (Å²) >= 11 is 0. The van der Waals surface area contributed by atoms with Gasteiger partial charge < -0.3 is 23.7 Å². The van der Waals surface area contributed by atoms with Gasteiger partial charge in [-0.05, 0) is 33.1 Å². The average Bonchev–Trinajstić information content (AvgIpc) is 2.56. The molecule has 0 aliphatic carbocycles. The molecular formula is C21H34O9. The molecule has 9 heteroatoms. The van der Waals surface area contributed by atoms with Crippen molar-refractivity contribution >= 4 is 23.9 Å². The molecule has 0 N–H and O–H groups in total. The van der Waals surface area contributed by atoms with Gasteiger partial charge in [0.2, 0.25) is 0 Å². The zero-order valence-electron chi connectivity index (χ0n) is 19.1.